The molecule has 0 saturated carbocycles. The van der Waals surface area contributed by atoms with Crippen LogP contribution >= 0.6 is 23.2 Å². The highest BCUT2D eigenvalue weighted by molar-refractivity contribution is 6.35. The molecule has 0 unspecified atom stereocenters. The predicted octanol–water partition coefficient (Wildman–Crippen LogP) is 2.82. The van der Waals surface area contributed by atoms with Crippen LogP contribution in [0, 0.1) is 0 Å². The molecule has 8 heteroatoms. The van der Waals surface area contributed by atoms with Gasteiger partial charge in [-0.2, -0.15) is 0 Å². The highest BCUT2D eigenvalue weighted by Crippen LogP contribution is 2.38. The summed E-state index contributed by atoms with van der Waals surface area (Å²) in [5.74, 6) is -0.0889. The number of ether oxygens (including phenoxy) is 1. The van der Waals surface area contributed by atoms with Gasteiger partial charge >= 0.3 is 6.03 Å². The van der Waals surface area contributed by atoms with Crippen LogP contribution in [-0.2, 0) is 9.53 Å². The molecular weight excluding hydrogens is 365 g/mol. The summed E-state index contributed by atoms with van der Waals surface area (Å²) in [7, 11) is 3.29. The molecular formula is C17H19Cl2N3O3. The molecule has 0 radical (unpaired) electrons. The average molecular weight is 384 g/mol. The number of carbonyl (C=O) groups is 2. The van der Waals surface area contributed by atoms with Gasteiger partial charge < -0.3 is 15.0 Å². The Labute approximate surface area is 156 Å². The van der Waals surface area contributed by atoms with E-state index in [0.29, 0.717) is 46.6 Å². The number of nitrogens with one attached hydrogen (secondary N) is 1. The van der Waals surface area contributed by atoms with Gasteiger partial charge in [0, 0.05) is 37.4 Å². The van der Waals surface area contributed by atoms with E-state index in [2.05, 4.69) is 5.32 Å². The van der Waals surface area contributed by atoms with Crippen molar-refractivity contribution in [2.75, 3.05) is 33.9 Å². The van der Waals surface area contributed by atoms with Gasteiger partial charge in [-0.1, -0.05) is 29.3 Å². The summed E-state index contributed by atoms with van der Waals surface area (Å²) in [5.41, 5.74) is 1.93. The molecule has 2 aliphatic heterocycles. The van der Waals surface area contributed by atoms with E-state index in [9.17, 15) is 9.59 Å². The fraction of sp³-hybridized carbons (Fsp3) is 0.412. The molecule has 3 rings (SSSR count). The zero-order valence-corrected chi connectivity index (χ0v) is 15.5. The second-order valence-electron chi connectivity index (χ2n) is 6.04. The summed E-state index contributed by atoms with van der Waals surface area (Å²) in [6, 6.07) is 4.21. The summed E-state index contributed by atoms with van der Waals surface area (Å²) in [6.45, 7) is 1.56. The Morgan fingerprint density at radius 2 is 2.08 bits per heavy atom. The van der Waals surface area contributed by atoms with E-state index in [0.717, 1.165) is 6.42 Å². The van der Waals surface area contributed by atoms with E-state index in [1.807, 2.05) is 0 Å². The zero-order valence-electron chi connectivity index (χ0n) is 14.0. The lowest BCUT2D eigenvalue weighted by atomic mass is 9.95. The zero-order chi connectivity index (χ0) is 18.1. The first-order valence-electron chi connectivity index (χ1n) is 7.94. The number of nitrogens with zero attached hydrogens (tertiary/aromatic N) is 2. The van der Waals surface area contributed by atoms with Gasteiger partial charge in [-0.05, 0) is 24.1 Å². The lowest BCUT2D eigenvalue weighted by molar-refractivity contribution is -0.125. The molecule has 0 bridgehead atoms. The van der Waals surface area contributed by atoms with Crippen molar-refractivity contribution in [2.45, 2.75) is 12.5 Å². The molecule has 25 heavy (non-hydrogen) atoms. The van der Waals surface area contributed by atoms with Crippen molar-refractivity contribution < 1.29 is 14.3 Å². The molecule has 1 atom stereocenters. The van der Waals surface area contributed by atoms with Gasteiger partial charge in [-0.25, -0.2) is 4.79 Å². The maximum atomic E-state index is 12.9. The summed E-state index contributed by atoms with van der Waals surface area (Å²) >= 11 is 12.3. The van der Waals surface area contributed by atoms with E-state index in [-0.39, 0.29) is 11.9 Å². The van der Waals surface area contributed by atoms with Crippen molar-refractivity contribution in [2.24, 2.45) is 0 Å². The van der Waals surface area contributed by atoms with Crippen LogP contribution in [0.1, 0.15) is 18.0 Å². The first-order chi connectivity index (χ1) is 11.9. The van der Waals surface area contributed by atoms with Crippen LogP contribution in [0.25, 0.3) is 0 Å². The van der Waals surface area contributed by atoms with Gasteiger partial charge in [0.1, 0.15) is 0 Å². The number of methoxy groups -OCH3 is 1. The van der Waals surface area contributed by atoms with E-state index in [4.69, 9.17) is 27.9 Å². The number of rotatable bonds is 5. The van der Waals surface area contributed by atoms with E-state index >= 15 is 0 Å². The molecule has 6 nitrogen and oxygen atoms in total. The third kappa shape index (κ3) is 3.34. The van der Waals surface area contributed by atoms with Crippen molar-refractivity contribution in [1.82, 2.24) is 15.1 Å². The first kappa shape index (κ1) is 18.0. The Hall–Kier alpha value is -1.76. The lowest BCUT2D eigenvalue weighted by Gasteiger charge is -2.31. The Kier molecular flexibility index (Phi) is 5.22. The standard InChI is InChI=1S/C17H19Cl2N3O3/c1-21-13-9-22(6-3-7-25-2)16(23)14(13)15(20-17(21)24)11-5-4-10(18)8-12(11)19/h4-5,8,15H,3,6-7,9H2,1-2H3,(H,20,24)/t15-/m1/s1. The van der Waals surface area contributed by atoms with Crippen molar-refractivity contribution in [1.29, 1.82) is 0 Å². The van der Waals surface area contributed by atoms with Gasteiger partial charge in [0.15, 0.2) is 0 Å². The maximum absolute atomic E-state index is 12.9. The molecule has 134 valence electrons. The van der Waals surface area contributed by atoms with Gasteiger partial charge in [-0.15, -0.1) is 0 Å². The Balaban J connectivity index is 1.94. The molecule has 0 saturated heterocycles. The third-order valence-corrected chi connectivity index (χ3v) is 5.05. The SMILES string of the molecule is COCCCN1CC2=C(C1=O)[C@@H](c1ccc(Cl)cc1Cl)NC(=O)N2C. The van der Waals surface area contributed by atoms with Crippen LogP contribution in [0.3, 0.4) is 0 Å². The van der Waals surface area contributed by atoms with Crippen LogP contribution in [0.4, 0.5) is 4.79 Å². The highest BCUT2D eigenvalue weighted by Gasteiger charge is 2.43. The van der Waals surface area contributed by atoms with Crippen molar-refractivity contribution in [3.8, 4) is 0 Å². The number of urea groups is 1. The number of carbonyl (C=O) groups excluding carboxylic acids is 2. The number of amides is 3. The number of likely N-dealkylation sites (N-methyl/N-ethyl adjacent to an activating group) is 1. The second kappa shape index (κ2) is 7.23. The second-order valence-corrected chi connectivity index (χ2v) is 6.88. The quantitative estimate of drug-likeness (QED) is 0.795. The summed E-state index contributed by atoms with van der Waals surface area (Å²) < 4.78 is 5.05. The summed E-state index contributed by atoms with van der Waals surface area (Å²) in [6.07, 6.45) is 0.736. The van der Waals surface area contributed by atoms with Crippen LogP contribution in [-0.4, -0.2) is 55.6 Å². The molecule has 0 aliphatic carbocycles. The minimum Gasteiger partial charge on any atom is -0.385 e. The molecule has 2 heterocycles. The molecule has 1 N–H and O–H groups in total. The van der Waals surface area contributed by atoms with Gasteiger partial charge in [0.25, 0.3) is 5.91 Å². The molecule has 0 fully saturated rings. The number of hydrogen-bond donors (Lipinski definition) is 1. The predicted molar refractivity (Wildman–Crippen MR) is 95.6 cm³/mol. The summed E-state index contributed by atoms with van der Waals surface area (Å²) in [4.78, 5) is 28.5. The lowest BCUT2D eigenvalue weighted by Crippen LogP contribution is -2.45. The maximum Gasteiger partial charge on any atom is 0.322 e. The van der Waals surface area contributed by atoms with Crippen LogP contribution in [0.2, 0.25) is 10.0 Å². The minimum atomic E-state index is -0.580. The largest absolute Gasteiger partial charge is 0.385 e. The van der Waals surface area contributed by atoms with Crippen molar-refractivity contribution in [3.63, 3.8) is 0 Å². The number of hydrogen-bond acceptors (Lipinski definition) is 3. The molecule has 2 aliphatic rings. The minimum absolute atomic E-state index is 0.0889. The molecule has 1 aromatic rings. The van der Waals surface area contributed by atoms with Crippen molar-refractivity contribution >= 4 is 35.1 Å². The molecule has 1 aromatic carbocycles. The number of benzene rings is 1. The topological polar surface area (TPSA) is 61.9 Å². The fourth-order valence-corrected chi connectivity index (χ4v) is 3.69. The van der Waals surface area contributed by atoms with Gasteiger partial charge in [-0.3, -0.25) is 9.69 Å². The van der Waals surface area contributed by atoms with Crippen molar-refractivity contribution in [3.05, 3.63) is 45.1 Å². The molecule has 0 aromatic heterocycles. The Morgan fingerprint density at radius 3 is 2.76 bits per heavy atom. The Morgan fingerprint density at radius 1 is 1.32 bits per heavy atom. The van der Waals surface area contributed by atoms with E-state index < -0.39 is 6.04 Å². The number of halogens is 2. The van der Waals surface area contributed by atoms with E-state index in [1.54, 1.807) is 37.3 Å². The van der Waals surface area contributed by atoms with E-state index in [1.165, 1.54) is 4.90 Å². The first-order valence-corrected chi connectivity index (χ1v) is 8.70. The van der Waals surface area contributed by atoms with Crippen LogP contribution in [0.5, 0.6) is 0 Å². The third-order valence-electron chi connectivity index (χ3n) is 4.49. The van der Waals surface area contributed by atoms with Crippen LogP contribution in [0.15, 0.2) is 29.5 Å². The highest BCUT2D eigenvalue weighted by atomic mass is 35.5. The Bertz CT molecular complexity index is 751. The fourth-order valence-electron chi connectivity index (χ4n) is 3.17. The van der Waals surface area contributed by atoms with Gasteiger partial charge in [0.2, 0.25) is 0 Å². The normalized spacial score (nSPS) is 20.2. The van der Waals surface area contributed by atoms with Crippen LogP contribution < -0.4 is 5.32 Å². The molecule has 3 amide bonds. The summed E-state index contributed by atoms with van der Waals surface area (Å²) in [5, 5.41) is 3.78. The smallest absolute Gasteiger partial charge is 0.322 e. The van der Waals surface area contributed by atoms with Gasteiger partial charge in [0.05, 0.1) is 23.9 Å². The monoisotopic (exact) mass is 383 g/mol. The molecule has 0 spiro atoms. The average Bonchev–Trinajstić information content (AvgIpc) is 2.89.